The van der Waals surface area contributed by atoms with Gasteiger partial charge < -0.3 is 20.7 Å². The second-order valence-corrected chi connectivity index (χ2v) is 6.60. The number of halogens is 1. The Kier molecular flexibility index (Phi) is 5.44. The van der Waals surface area contributed by atoms with Crippen LogP contribution in [0.25, 0.3) is 27.9 Å². The van der Waals surface area contributed by atoms with E-state index in [9.17, 15) is 9.18 Å². The molecule has 9 heteroatoms. The fraction of sp³-hybridized carbons (Fsp3) is 0.190. The van der Waals surface area contributed by atoms with E-state index in [2.05, 4.69) is 25.9 Å². The van der Waals surface area contributed by atoms with Gasteiger partial charge in [-0.1, -0.05) is 12.1 Å². The molecule has 0 aliphatic heterocycles. The van der Waals surface area contributed by atoms with Crippen LogP contribution in [0, 0.1) is 5.82 Å². The van der Waals surface area contributed by atoms with Crippen molar-refractivity contribution in [3.63, 3.8) is 0 Å². The molecular formula is C21H21FN6O2. The standard InChI is InChI=1S/C21H21FN6O2/c1-23-21(29)26-15-6-3-13(4-7-15)18-12-25-20-19(24-9-10-30-2)27-16-8-5-14(22)11-17(16)28(18)20/h3-8,11-12H,9-10H2,1-2H3,(H,24,27)(H2,23,26,29). The molecular weight excluding hydrogens is 387 g/mol. The number of aromatic nitrogens is 3. The number of carbonyl (C=O) groups excluding carboxylic acids is 1. The molecule has 0 aliphatic carbocycles. The van der Waals surface area contributed by atoms with Crippen molar-refractivity contribution < 1.29 is 13.9 Å². The molecule has 3 N–H and O–H groups in total. The molecule has 2 aromatic heterocycles. The lowest BCUT2D eigenvalue weighted by Gasteiger charge is -2.12. The number of imidazole rings is 1. The van der Waals surface area contributed by atoms with Gasteiger partial charge in [-0.15, -0.1) is 0 Å². The summed E-state index contributed by atoms with van der Waals surface area (Å²) >= 11 is 0. The summed E-state index contributed by atoms with van der Waals surface area (Å²) < 4.78 is 21.0. The van der Waals surface area contributed by atoms with Gasteiger partial charge in [0.15, 0.2) is 11.5 Å². The maximum absolute atomic E-state index is 14.0. The van der Waals surface area contributed by atoms with E-state index >= 15 is 0 Å². The quantitative estimate of drug-likeness (QED) is 0.425. The molecule has 2 amide bonds. The second kappa shape index (κ2) is 8.34. The first-order valence-corrected chi connectivity index (χ1v) is 9.39. The number of ether oxygens (including phenoxy) is 1. The van der Waals surface area contributed by atoms with Gasteiger partial charge in [-0.3, -0.25) is 4.40 Å². The van der Waals surface area contributed by atoms with E-state index in [0.29, 0.717) is 41.3 Å². The molecule has 0 aliphatic rings. The summed E-state index contributed by atoms with van der Waals surface area (Å²) in [5.74, 6) is 0.241. The predicted octanol–water partition coefficient (Wildman–Crippen LogP) is 3.50. The molecule has 4 aromatic rings. The molecule has 154 valence electrons. The summed E-state index contributed by atoms with van der Waals surface area (Å²) in [5, 5.41) is 8.46. The monoisotopic (exact) mass is 408 g/mol. The highest BCUT2D eigenvalue weighted by Gasteiger charge is 2.15. The van der Waals surface area contributed by atoms with Crippen LogP contribution >= 0.6 is 0 Å². The Morgan fingerprint density at radius 1 is 1.20 bits per heavy atom. The average molecular weight is 408 g/mol. The fourth-order valence-electron chi connectivity index (χ4n) is 3.22. The summed E-state index contributed by atoms with van der Waals surface area (Å²) in [6.45, 7) is 1.08. The predicted molar refractivity (Wildman–Crippen MR) is 114 cm³/mol. The summed E-state index contributed by atoms with van der Waals surface area (Å²) in [6.07, 6.45) is 1.73. The van der Waals surface area contributed by atoms with Crippen molar-refractivity contribution in [3.8, 4) is 11.3 Å². The van der Waals surface area contributed by atoms with Crippen LogP contribution < -0.4 is 16.0 Å². The van der Waals surface area contributed by atoms with Gasteiger partial charge in [0, 0.05) is 38.0 Å². The minimum Gasteiger partial charge on any atom is -0.383 e. The number of benzene rings is 2. The Balaban J connectivity index is 1.83. The van der Waals surface area contributed by atoms with Crippen LogP contribution in [0.1, 0.15) is 0 Å². The summed E-state index contributed by atoms with van der Waals surface area (Å²) in [6, 6.07) is 11.5. The molecule has 0 radical (unpaired) electrons. The Labute approximate surface area is 172 Å². The second-order valence-electron chi connectivity index (χ2n) is 6.60. The molecule has 0 spiro atoms. The van der Waals surface area contributed by atoms with E-state index in [1.807, 2.05) is 16.5 Å². The lowest BCUT2D eigenvalue weighted by molar-refractivity contribution is 0.210. The number of rotatable bonds is 6. The van der Waals surface area contributed by atoms with Crippen molar-refractivity contribution in [2.45, 2.75) is 0 Å². The summed E-state index contributed by atoms with van der Waals surface area (Å²) in [4.78, 5) is 20.6. The molecule has 0 saturated heterocycles. The molecule has 8 nitrogen and oxygen atoms in total. The smallest absolute Gasteiger partial charge is 0.318 e. The lowest BCUT2D eigenvalue weighted by Crippen LogP contribution is -2.24. The Morgan fingerprint density at radius 3 is 2.73 bits per heavy atom. The Hall–Kier alpha value is -3.72. The summed E-state index contributed by atoms with van der Waals surface area (Å²) in [5.41, 5.74) is 4.15. The van der Waals surface area contributed by atoms with Gasteiger partial charge in [0.05, 0.1) is 29.5 Å². The minimum absolute atomic E-state index is 0.295. The zero-order valence-electron chi connectivity index (χ0n) is 16.6. The topological polar surface area (TPSA) is 92.6 Å². The van der Waals surface area contributed by atoms with Crippen molar-refractivity contribution >= 4 is 34.2 Å². The highest BCUT2D eigenvalue weighted by molar-refractivity contribution is 5.90. The third-order valence-corrected chi connectivity index (χ3v) is 4.65. The van der Waals surface area contributed by atoms with Crippen LogP contribution in [0.15, 0.2) is 48.7 Å². The van der Waals surface area contributed by atoms with Crippen molar-refractivity contribution in [3.05, 3.63) is 54.5 Å². The van der Waals surface area contributed by atoms with Gasteiger partial charge in [0.1, 0.15) is 5.82 Å². The van der Waals surface area contributed by atoms with Crippen molar-refractivity contribution in [1.29, 1.82) is 0 Å². The number of nitrogens with zero attached hydrogens (tertiary/aromatic N) is 3. The number of carbonyl (C=O) groups is 1. The highest BCUT2D eigenvalue weighted by atomic mass is 19.1. The zero-order valence-corrected chi connectivity index (χ0v) is 16.6. The SMILES string of the molecule is CNC(=O)Nc1ccc(-c2cnc3c(NCCOC)nc4ccc(F)cc4n23)cc1. The number of hydrogen-bond donors (Lipinski definition) is 3. The van der Waals surface area contributed by atoms with Crippen molar-refractivity contribution in [1.82, 2.24) is 19.7 Å². The largest absolute Gasteiger partial charge is 0.383 e. The number of nitrogens with one attached hydrogen (secondary N) is 3. The first-order valence-electron chi connectivity index (χ1n) is 9.39. The summed E-state index contributed by atoms with van der Waals surface area (Å²) in [7, 11) is 3.18. The van der Waals surface area contributed by atoms with Crippen molar-refractivity contribution in [2.75, 3.05) is 37.9 Å². The van der Waals surface area contributed by atoms with E-state index in [0.717, 1.165) is 11.3 Å². The molecule has 0 bridgehead atoms. The molecule has 4 rings (SSSR count). The first-order chi connectivity index (χ1) is 14.6. The molecule has 2 heterocycles. The van der Waals surface area contributed by atoms with Gasteiger partial charge in [0.25, 0.3) is 0 Å². The average Bonchev–Trinajstić information content (AvgIpc) is 3.20. The van der Waals surface area contributed by atoms with Gasteiger partial charge in [0.2, 0.25) is 0 Å². The molecule has 2 aromatic carbocycles. The van der Waals surface area contributed by atoms with E-state index in [-0.39, 0.29) is 11.8 Å². The maximum atomic E-state index is 14.0. The number of fused-ring (bicyclic) bond motifs is 3. The Bertz CT molecular complexity index is 1210. The van der Waals surface area contributed by atoms with Crippen LogP contribution in [0.2, 0.25) is 0 Å². The van der Waals surface area contributed by atoms with E-state index in [4.69, 9.17) is 4.74 Å². The molecule has 30 heavy (non-hydrogen) atoms. The van der Waals surface area contributed by atoms with Crippen LogP contribution in [-0.2, 0) is 4.74 Å². The molecule has 0 fully saturated rings. The third-order valence-electron chi connectivity index (χ3n) is 4.65. The Morgan fingerprint density at radius 2 is 2.00 bits per heavy atom. The van der Waals surface area contributed by atoms with Gasteiger partial charge in [-0.25, -0.2) is 19.2 Å². The van der Waals surface area contributed by atoms with E-state index in [1.165, 1.54) is 12.1 Å². The zero-order chi connectivity index (χ0) is 21.1. The number of hydrogen-bond acceptors (Lipinski definition) is 5. The highest BCUT2D eigenvalue weighted by Crippen LogP contribution is 2.29. The molecule has 0 atom stereocenters. The van der Waals surface area contributed by atoms with Gasteiger partial charge >= 0.3 is 6.03 Å². The number of urea groups is 1. The molecule has 0 unspecified atom stereocenters. The molecule has 0 saturated carbocycles. The first kappa shape index (κ1) is 19.6. The van der Waals surface area contributed by atoms with Crippen molar-refractivity contribution in [2.24, 2.45) is 0 Å². The van der Waals surface area contributed by atoms with Crippen LogP contribution in [0.3, 0.4) is 0 Å². The lowest BCUT2D eigenvalue weighted by atomic mass is 10.1. The number of methoxy groups -OCH3 is 1. The van der Waals surface area contributed by atoms with Gasteiger partial charge in [-0.2, -0.15) is 0 Å². The normalized spacial score (nSPS) is 11.0. The van der Waals surface area contributed by atoms with Gasteiger partial charge in [-0.05, 0) is 24.3 Å². The maximum Gasteiger partial charge on any atom is 0.318 e. The van der Waals surface area contributed by atoms with E-state index < -0.39 is 0 Å². The van der Waals surface area contributed by atoms with Crippen LogP contribution in [0.4, 0.5) is 20.7 Å². The minimum atomic E-state index is -0.351. The number of anilines is 2. The third kappa shape index (κ3) is 3.74. The van der Waals surface area contributed by atoms with Crippen LogP contribution in [-0.4, -0.2) is 47.7 Å². The van der Waals surface area contributed by atoms with E-state index in [1.54, 1.807) is 38.6 Å². The fourth-order valence-corrected chi connectivity index (χ4v) is 3.22. The van der Waals surface area contributed by atoms with Crippen LogP contribution in [0.5, 0.6) is 0 Å². The number of amides is 2.